The van der Waals surface area contributed by atoms with Gasteiger partial charge in [-0.05, 0) is 24.1 Å². The standard InChI is InChI=1S/C21H22N2O7/c1-12(2)20-21(25)22(16-9-13(23(26)27)5-8-18(16)30-20)11-17(24)15-7-6-14(28-3)10-19(15)29-4/h5-10,12,20H,11H2,1-4H3. The molecule has 1 aliphatic heterocycles. The highest BCUT2D eigenvalue weighted by molar-refractivity contribution is 6.09. The fourth-order valence-corrected chi connectivity index (χ4v) is 3.23. The van der Waals surface area contributed by atoms with Gasteiger partial charge in [0.2, 0.25) is 0 Å². The number of hydrogen-bond donors (Lipinski definition) is 0. The molecule has 1 heterocycles. The maximum Gasteiger partial charge on any atom is 0.271 e. The number of ether oxygens (including phenoxy) is 3. The minimum Gasteiger partial charge on any atom is -0.497 e. The van der Waals surface area contributed by atoms with Crippen molar-refractivity contribution in [2.45, 2.75) is 20.0 Å². The number of anilines is 1. The zero-order chi connectivity index (χ0) is 22.0. The van der Waals surface area contributed by atoms with Gasteiger partial charge in [0.25, 0.3) is 11.6 Å². The van der Waals surface area contributed by atoms with Gasteiger partial charge in [-0.3, -0.25) is 24.6 Å². The number of carbonyl (C=O) groups is 2. The SMILES string of the molecule is COc1ccc(C(=O)CN2C(=O)C(C(C)C)Oc3ccc([N+](=O)[O-])cc32)c(OC)c1. The molecule has 0 radical (unpaired) electrons. The average molecular weight is 414 g/mol. The van der Waals surface area contributed by atoms with Crippen molar-refractivity contribution in [2.75, 3.05) is 25.7 Å². The highest BCUT2D eigenvalue weighted by Crippen LogP contribution is 2.38. The molecule has 1 aliphatic rings. The van der Waals surface area contributed by atoms with Crippen molar-refractivity contribution >= 4 is 23.1 Å². The van der Waals surface area contributed by atoms with E-state index in [4.69, 9.17) is 14.2 Å². The number of non-ortho nitro benzene ring substituents is 1. The third-order valence-electron chi connectivity index (χ3n) is 4.82. The van der Waals surface area contributed by atoms with Gasteiger partial charge >= 0.3 is 0 Å². The third-order valence-corrected chi connectivity index (χ3v) is 4.82. The molecule has 1 atom stereocenters. The first-order chi connectivity index (χ1) is 14.3. The van der Waals surface area contributed by atoms with E-state index in [2.05, 4.69) is 0 Å². The lowest BCUT2D eigenvalue weighted by Gasteiger charge is -2.35. The van der Waals surface area contributed by atoms with Gasteiger partial charge in [-0.25, -0.2) is 0 Å². The Hall–Kier alpha value is -3.62. The molecule has 0 aromatic heterocycles. The van der Waals surface area contributed by atoms with E-state index in [1.165, 1.54) is 37.3 Å². The summed E-state index contributed by atoms with van der Waals surface area (Å²) in [5, 5.41) is 11.2. The molecule has 2 aromatic carbocycles. The van der Waals surface area contributed by atoms with Crippen LogP contribution in [0.3, 0.4) is 0 Å². The van der Waals surface area contributed by atoms with E-state index in [1.807, 2.05) is 13.8 Å². The molecule has 0 saturated heterocycles. The number of methoxy groups -OCH3 is 2. The van der Waals surface area contributed by atoms with Crippen LogP contribution in [0.4, 0.5) is 11.4 Å². The number of amides is 1. The molecule has 0 N–H and O–H groups in total. The van der Waals surface area contributed by atoms with Crippen LogP contribution < -0.4 is 19.1 Å². The summed E-state index contributed by atoms with van der Waals surface area (Å²) in [6.07, 6.45) is -0.801. The Morgan fingerprint density at radius 2 is 1.93 bits per heavy atom. The number of ketones is 1. The van der Waals surface area contributed by atoms with Crippen LogP contribution in [-0.4, -0.2) is 43.5 Å². The normalized spacial score (nSPS) is 15.4. The molecule has 0 aliphatic carbocycles. The molecule has 1 amide bonds. The summed E-state index contributed by atoms with van der Waals surface area (Å²) in [4.78, 5) is 38.0. The van der Waals surface area contributed by atoms with Crippen LogP contribution in [0.5, 0.6) is 17.2 Å². The summed E-state index contributed by atoms with van der Waals surface area (Å²) in [5.41, 5.74) is 0.255. The molecular formula is C21H22N2O7. The summed E-state index contributed by atoms with van der Waals surface area (Å²) in [5.74, 6) is 0.164. The first kappa shape index (κ1) is 21.1. The van der Waals surface area contributed by atoms with E-state index >= 15 is 0 Å². The lowest BCUT2D eigenvalue weighted by molar-refractivity contribution is -0.384. The summed E-state index contributed by atoms with van der Waals surface area (Å²) in [6, 6.07) is 8.73. The molecule has 0 spiro atoms. The van der Waals surface area contributed by atoms with Gasteiger partial charge in [-0.1, -0.05) is 13.8 Å². The number of nitrogens with zero attached hydrogens (tertiary/aromatic N) is 2. The Morgan fingerprint density at radius 3 is 2.53 bits per heavy atom. The monoisotopic (exact) mass is 414 g/mol. The van der Waals surface area contributed by atoms with Crippen molar-refractivity contribution in [3.8, 4) is 17.2 Å². The van der Waals surface area contributed by atoms with Gasteiger partial charge in [0.1, 0.15) is 17.2 Å². The van der Waals surface area contributed by atoms with Crippen molar-refractivity contribution in [1.29, 1.82) is 0 Å². The van der Waals surface area contributed by atoms with Gasteiger partial charge in [0.05, 0.1) is 36.9 Å². The smallest absolute Gasteiger partial charge is 0.271 e. The fourth-order valence-electron chi connectivity index (χ4n) is 3.23. The van der Waals surface area contributed by atoms with Gasteiger partial charge in [0, 0.05) is 18.2 Å². The predicted octanol–water partition coefficient (Wildman–Crippen LogP) is 3.24. The number of Topliss-reactive ketones (excluding diaryl/α,β-unsaturated/α-hetero) is 1. The zero-order valence-corrected chi connectivity index (χ0v) is 17.1. The number of fused-ring (bicyclic) bond motifs is 1. The molecule has 9 nitrogen and oxygen atoms in total. The number of rotatable bonds is 7. The van der Waals surface area contributed by atoms with Gasteiger partial charge in [-0.2, -0.15) is 0 Å². The van der Waals surface area contributed by atoms with E-state index in [0.29, 0.717) is 17.2 Å². The quantitative estimate of drug-likeness (QED) is 0.389. The van der Waals surface area contributed by atoms with Crippen LogP contribution >= 0.6 is 0 Å². The maximum atomic E-state index is 13.1. The molecule has 0 saturated carbocycles. The fraction of sp³-hybridized carbons (Fsp3) is 0.333. The van der Waals surface area contributed by atoms with E-state index in [0.717, 1.165) is 0 Å². The summed E-state index contributed by atoms with van der Waals surface area (Å²) < 4.78 is 16.2. The van der Waals surface area contributed by atoms with Crippen LogP contribution in [0, 0.1) is 16.0 Å². The van der Waals surface area contributed by atoms with E-state index < -0.39 is 16.9 Å². The minimum atomic E-state index is -0.801. The Bertz CT molecular complexity index is 1000. The first-order valence-electron chi connectivity index (χ1n) is 9.28. The molecule has 9 heteroatoms. The number of nitro benzene ring substituents is 1. The van der Waals surface area contributed by atoms with Crippen LogP contribution in [0.15, 0.2) is 36.4 Å². The summed E-state index contributed by atoms with van der Waals surface area (Å²) in [7, 11) is 2.93. The molecule has 3 rings (SSSR count). The first-order valence-corrected chi connectivity index (χ1v) is 9.28. The predicted molar refractivity (Wildman–Crippen MR) is 109 cm³/mol. The van der Waals surface area contributed by atoms with Crippen molar-refractivity contribution in [2.24, 2.45) is 5.92 Å². The molecule has 2 aromatic rings. The Balaban J connectivity index is 2.01. The number of carbonyl (C=O) groups excluding carboxylic acids is 2. The second kappa shape index (κ2) is 8.40. The topological polar surface area (TPSA) is 108 Å². The summed E-state index contributed by atoms with van der Waals surface area (Å²) >= 11 is 0. The molecule has 30 heavy (non-hydrogen) atoms. The Morgan fingerprint density at radius 1 is 1.20 bits per heavy atom. The van der Waals surface area contributed by atoms with Crippen molar-refractivity contribution in [3.63, 3.8) is 0 Å². The molecule has 1 unspecified atom stereocenters. The van der Waals surface area contributed by atoms with Crippen LogP contribution in [0.25, 0.3) is 0 Å². The lowest BCUT2D eigenvalue weighted by Crippen LogP contribution is -2.50. The lowest BCUT2D eigenvalue weighted by atomic mass is 10.0. The Labute approximate surface area is 173 Å². The largest absolute Gasteiger partial charge is 0.497 e. The molecule has 0 fully saturated rings. The van der Waals surface area contributed by atoms with Gasteiger partial charge in [-0.15, -0.1) is 0 Å². The summed E-state index contributed by atoms with van der Waals surface area (Å²) in [6.45, 7) is 3.33. The molecule has 0 bridgehead atoms. The van der Waals surface area contributed by atoms with Crippen molar-refractivity contribution in [3.05, 3.63) is 52.1 Å². The third kappa shape index (κ3) is 3.91. The average Bonchev–Trinajstić information content (AvgIpc) is 2.74. The maximum absolute atomic E-state index is 13.1. The van der Waals surface area contributed by atoms with E-state index in [9.17, 15) is 19.7 Å². The molecule has 158 valence electrons. The van der Waals surface area contributed by atoms with Crippen LogP contribution in [0.2, 0.25) is 0 Å². The van der Waals surface area contributed by atoms with Gasteiger partial charge < -0.3 is 14.2 Å². The number of hydrogen-bond acceptors (Lipinski definition) is 7. The second-order valence-corrected chi connectivity index (χ2v) is 7.11. The van der Waals surface area contributed by atoms with Crippen LogP contribution in [0.1, 0.15) is 24.2 Å². The number of nitro groups is 1. The van der Waals surface area contributed by atoms with Crippen molar-refractivity contribution < 1.29 is 28.7 Å². The Kier molecular flexibility index (Phi) is 5.91. The highest BCUT2D eigenvalue weighted by atomic mass is 16.6. The van der Waals surface area contributed by atoms with E-state index in [1.54, 1.807) is 18.2 Å². The van der Waals surface area contributed by atoms with Gasteiger partial charge in [0.15, 0.2) is 11.9 Å². The van der Waals surface area contributed by atoms with Crippen molar-refractivity contribution in [1.82, 2.24) is 0 Å². The van der Waals surface area contributed by atoms with E-state index in [-0.39, 0.29) is 35.2 Å². The minimum absolute atomic E-state index is 0.158. The zero-order valence-electron chi connectivity index (χ0n) is 17.1. The van der Waals surface area contributed by atoms with Crippen LogP contribution in [-0.2, 0) is 4.79 Å². The highest BCUT2D eigenvalue weighted by Gasteiger charge is 2.38. The number of benzene rings is 2. The second-order valence-electron chi connectivity index (χ2n) is 7.11. The molecular weight excluding hydrogens is 392 g/mol.